The number of hydrogen-bond donors (Lipinski definition) is 1. The van der Waals surface area contributed by atoms with Gasteiger partial charge in [-0.3, -0.25) is 14.9 Å². The molecular weight excluding hydrogens is 290 g/mol. The number of amides is 1. The van der Waals surface area contributed by atoms with E-state index in [1.807, 2.05) is 13.8 Å². The fourth-order valence-corrected chi connectivity index (χ4v) is 2.89. The number of carbonyl (C=O) groups is 1. The van der Waals surface area contributed by atoms with E-state index in [4.69, 9.17) is 0 Å². The summed E-state index contributed by atoms with van der Waals surface area (Å²) in [6.45, 7) is 4.37. The van der Waals surface area contributed by atoms with Crippen molar-refractivity contribution < 1.29 is 9.72 Å². The monoisotopic (exact) mass is 305 g/mol. The molecule has 1 amide bonds. The predicted octanol–water partition coefficient (Wildman–Crippen LogP) is 2.64. The third-order valence-corrected chi connectivity index (χ3v) is 4.09. The van der Waals surface area contributed by atoms with Crippen molar-refractivity contribution in [2.75, 3.05) is 6.54 Å². The summed E-state index contributed by atoms with van der Waals surface area (Å²) in [6.07, 6.45) is 0.706. The number of carbonyl (C=O) groups excluding carboxylic acids is 1. The van der Waals surface area contributed by atoms with Crippen LogP contribution in [0.25, 0.3) is 0 Å². The van der Waals surface area contributed by atoms with Gasteiger partial charge in [-0.2, -0.15) is 0 Å². The highest BCUT2D eigenvalue weighted by molar-refractivity contribution is 7.11. The summed E-state index contributed by atoms with van der Waals surface area (Å²) >= 11 is 1.62. The molecule has 1 heterocycles. The number of nitro benzene ring substituents is 1. The molecule has 0 saturated heterocycles. The van der Waals surface area contributed by atoms with Gasteiger partial charge in [-0.25, -0.2) is 4.98 Å². The maximum atomic E-state index is 12.0. The number of thiazole rings is 1. The van der Waals surface area contributed by atoms with Gasteiger partial charge in [0.25, 0.3) is 11.6 Å². The molecule has 0 bridgehead atoms. The fourth-order valence-electron chi connectivity index (χ4n) is 1.96. The third kappa shape index (κ3) is 3.85. The molecule has 7 heteroatoms. The number of hydrogen-bond acceptors (Lipinski definition) is 5. The molecule has 0 spiro atoms. The first kappa shape index (κ1) is 15.1. The Morgan fingerprint density at radius 2 is 2.19 bits per heavy atom. The molecule has 0 aliphatic rings. The number of rotatable bonds is 5. The Kier molecular flexibility index (Phi) is 4.64. The van der Waals surface area contributed by atoms with Crippen molar-refractivity contribution in [3.05, 3.63) is 55.5 Å². The van der Waals surface area contributed by atoms with E-state index in [1.54, 1.807) is 17.4 Å². The molecule has 2 aromatic rings. The molecule has 1 aromatic carbocycles. The summed E-state index contributed by atoms with van der Waals surface area (Å²) in [5.74, 6) is -0.308. The van der Waals surface area contributed by atoms with Crippen LogP contribution in [0.4, 0.5) is 5.69 Å². The van der Waals surface area contributed by atoms with Gasteiger partial charge in [-0.1, -0.05) is 6.07 Å². The largest absolute Gasteiger partial charge is 0.352 e. The predicted molar refractivity (Wildman–Crippen MR) is 80.7 cm³/mol. The first-order chi connectivity index (χ1) is 9.97. The van der Waals surface area contributed by atoms with Gasteiger partial charge in [0.15, 0.2) is 0 Å². The van der Waals surface area contributed by atoms with Crippen LogP contribution in [-0.2, 0) is 6.42 Å². The molecule has 0 aliphatic carbocycles. The summed E-state index contributed by atoms with van der Waals surface area (Å²) in [5.41, 5.74) is 1.19. The minimum Gasteiger partial charge on any atom is -0.352 e. The number of nitrogens with one attached hydrogen (secondary N) is 1. The smallest absolute Gasteiger partial charge is 0.270 e. The van der Waals surface area contributed by atoms with Gasteiger partial charge in [0.1, 0.15) is 0 Å². The van der Waals surface area contributed by atoms with Gasteiger partial charge >= 0.3 is 0 Å². The lowest BCUT2D eigenvalue weighted by Gasteiger charge is -2.04. The Balaban J connectivity index is 1.94. The second kappa shape index (κ2) is 6.45. The zero-order valence-corrected chi connectivity index (χ0v) is 12.6. The fraction of sp³-hybridized carbons (Fsp3) is 0.286. The Bertz CT molecular complexity index is 682. The van der Waals surface area contributed by atoms with Crippen molar-refractivity contribution >= 4 is 22.9 Å². The summed E-state index contributed by atoms with van der Waals surface area (Å²) in [4.78, 5) is 27.6. The molecule has 0 unspecified atom stereocenters. The first-order valence-electron chi connectivity index (χ1n) is 6.43. The van der Waals surface area contributed by atoms with E-state index in [1.165, 1.54) is 18.2 Å². The second-order valence-electron chi connectivity index (χ2n) is 4.55. The summed E-state index contributed by atoms with van der Waals surface area (Å²) < 4.78 is 0. The van der Waals surface area contributed by atoms with Crippen LogP contribution < -0.4 is 5.32 Å². The molecular formula is C14H15N3O3S. The average Bonchev–Trinajstić information content (AvgIpc) is 2.77. The van der Waals surface area contributed by atoms with Crippen molar-refractivity contribution in [3.63, 3.8) is 0 Å². The number of nitro groups is 1. The van der Waals surface area contributed by atoms with Crippen LogP contribution in [-0.4, -0.2) is 22.4 Å². The standard InChI is InChI=1S/C14H15N3O3S/c1-9-13(21-10(2)16-9)6-7-15-14(18)11-4-3-5-12(8-11)17(19)20/h3-5,8H,6-7H2,1-2H3,(H,15,18). The molecule has 2 rings (SSSR count). The van der Waals surface area contributed by atoms with E-state index in [9.17, 15) is 14.9 Å². The van der Waals surface area contributed by atoms with Crippen molar-refractivity contribution in [2.45, 2.75) is 20.3 Å². The highest BCUT2D eigenvalue weighted by Gasteiger charge is 2.11. The highest BCUT2D eigenvalue weighted by Crippen LogP contribution is 2.17. The topological polar surface area (TPSA) is 85.1 Å². The average molecular weight is 305 g/mol. The van der Waals surface area contributed by atoms with Gasteiger partial charge in [0, 0.05) is 35.5 Å². The maximum absolute atomic E-state index is 12.0. The quantitative estimate of drug-likeness (QED) is 0.679. The Morgan fingerprint density at radius 1 is 1.43 bits per heavy atom. The molecule has 6 nitrogen and oxygen atoms in total. The van der Waals surface area contributed by atoms with Crippen LogP contribution in [0, 0.1) is 24.0 Å². The van der Waals surface area contributed by atoms with Gasteiger partial charge < -0.3 is 5.32 Å². The van der Waals surface area contributed by atoms with Crippen LogP contribution in [0.1, 0.15) is 25.9 Å². The number of aromatic nitrogens is 1. The zero-order chi connectivity index (χ0) is 15.4. The Labute approximate surface area is 126 Å². The third-order valence-electron chi connectivity index (χ3n) is 2.96. The van der Waals surface area contributed by atoms with Gasteiger partial charge in [-0.15, -0.1) is 11.3 Å². The molecule has 1 N–H and O–H groups in total. The van der Waals surface area contributed by atoms with Crippen LogP contribution in [0.15, 0.2) is 24.3 Å². The summed E-state index contributed by atoms with van der Waals surface area (Å²) in [7, 11) is 0. The molecule has 0 radical (unpaired) electrons. The summed E-state index contributed by atoms with van der Waals surface area (Å²) in [6, 6.07) is 5.70. The molecule has 0 fully saturated rings. The van der Waals surface area contributed by atoms with Crippen LogP contribution in [0.2, 0.25) is 0 Å². The van der Waals surface area contributed by atoms with E-state index < -0.39 is 4.92 Å². The minimum absolute atomic E-state index is 0.0865. The molecule has 21 heavy (non-hydrogen) atoms. The summed E-state index contributed by atoms with van der Waals surface area (Å²) in [5, 5.41) is 14.5. The maximum Gasteiger partial charge on any atom is 0.270 e. The number of nitrogens with zero attached hydrogens (tertiary/aromatic N) is 2. The molecule has 1 aromatic heterocycles. The van der Waals surface area contributed by atoms with Crippen LogP contribution in [0.5, 0.6) is 0 Å². The Morgan fingerprint density at radius 3 is 2.81 bits per heavy atom. The number of benzene rings is 1. The lowest BCUT2D eigenvalue weighted by Crippen LogP contribution is -2.25. The molecule has 0 atom stereocenters. The minimum atomic E-state index is -0.514. The number of aryl methyl sites for hydroxylation is 2. The lowest BCUT2D eigenvalue weighted by molar-refractivity contribution is -0.384. The molecule has 0 saturated carbocycles. The van der Waals surface area contributed by atoms with Crippen molar-refractivity contribution in [1.82, 2.24) is 10.3 Å². The lowest BCUT2D eigenvalue weighted by atomic mass is 10.2. The highest BCUT2D eigenvalue weighted by atomic mass is 32.1. The van der Waals surface area contributed by atoms with Gasteiger partial charge in [-0.05, 0) is 19.9 Å². The van der Waals surface area contributed by atoms with E-state index in [-0.39, 0.29) is 11.6 Å². The van der Waals surface area contributed by atoms with Crippen LogP contribution in [0.3, 0.4) is 0 Å². The van der Waals surface area contributed by atoms with Gasteiger partial charge in [0.05, 0.1) is 15.6 Å². The molecule has 0 aliphatic heterocycles. The van der Waals surface area contributed by atoms with Crippen LogP contribution >= 0.6 is 11.3 Å². The van der Waals surface area contributed by atoms with E-state index in [2.05, 4.69) is 10.3 Å². The van der Waals surface area contributed by atoms with Crippen molar-refractivity contribution in [3.8, 4) is 0 Å². The first-order valence-corrected chi connectivity index (χ1v) is 7.24. The van der Waals surface area contributed by atoms with Crippen molar-refractivity contribution in [1.29, 1.82) is 0 Å². The van der Waals surface area contributed by atoms with E-state index in [0.29, 0.717) is 18.5 Å². The SMILES string of the molecule is Cc1nc(C)c(CCNC(=O)c2cccc([N+](=O)[O-])c2)s1. The second-order valence-corrected chi connectivity index (χ2v) is 5.84. The van der Waals surface area contributed by atoms with Crippen molar-refractivity contribution in [2.24, 2.45) is 0 Å². The number of non-ortho nitro benzene ring substituents is 1. The van der Waals surface area contributed by atoms with Gasteiger partial charge in [0.2, 0.25) is 0 Å². The zero-order valence-electron chi connectivity index (χ0n) is 11.8. The van der Waals surface area contributed by atoms with E-state index >= 15 is 0 Å². The molecule has 110 valence electrons. The Hall–Kier alpha value is -2.28. The van der Waals surface area contributed by atoms with E-state index in [0.717, 1.165) is 15.6 Å². The normalized spacial score (nSPS) is 10.4.